The second kappa shape index (κ2) is 8.19. The Kier molecular flexibility index (Phi) is 5.51. The predicted octanol–water partition coefficient (Wildman–Crippen LogP) is 3.45. The molecule has 0 atom stereocenters. The van der Waals surface area contributed by atoms with E-state index in [0.717, 1.165) is 24.4 Å². The van der Waals surface area contributed by atoms with Crippen LogP contribution in [0.1, 0.15) is 18.4 Å². The molecule has 0 aromatic heterocycles. The van der Waals surface area contributed by atoms with Gasteiger partial charge in [0.2, 0.25) is 0 Å². The molecule has 0 unspecified atom stereocenters. The van der Waals surface area contributed by atoms with E-state index in [9.17, 15) is 4.79 Å². The van der Waals surface area contributed by atoms with Crippen LogP contribution in [0, 0.1) is 0 Å². The second-order valence-corrected chi connectivity index (χ2v) is 5.84. The molecule has 130 valence electrons. The number of amides is 2. The van der Waals surface area contributed by atoms with Crippen LogP contribution in [0.15, 0.2) is 53.6 Å². The highest BCUT2D eigenvalue weighted by molar-refractivity contribution is 5.90. The molecule has 2 aromatic rings. The lowest BCUT2D eigenvalue weighted by Gasteiger charge is -2.17. The van der Waals surface area contributed by atoms with Gasteiger partial charge < -0.3 is 15.0 Å². The largest absolute Gasteiger partial charge is 0.497 e. The van der Waals surface area contributed by atoms with Gasteiger partial charge in [-0.15, -0.1) is 0 Å². The summed E-state index contributed by atoms with van der Waals surface area (Å²) in [7, 11) is 1.60. The van der Waals surface area contributed by atoms with Gasteiger partial charge >= 0.3 is 6.03 Å². The molecule has 0 spiro atoms. The number of rotatable bonds is 5. The van der Waals surface area contributed by atoms with Crippen molar-refractivity contribution >= 4 is 23.6 Å². The van der Waals surface area contributed by atoms with Gasteiger partial charge in [-0.1, -0.05) is 12.1 Å². The summed E-state index contributed by atoms with van der Waals surface area (Å²) in [6, 6.07) is 14.9. The van der Waals surface area contributed by atoms with Gasteiger partial charge in [-0.3, -0.25) is 0 Å². The zero-order chi connectivity index (χ0) is 17.5. The fraction of sp³-hybridized carbons (Fsp3) is 0.263. The Morgan fingerprint density at radius 3 is 2.40 bits per heavy atom. The number of hydrogen-bond acceptors (Lipinski definition) is 4. The first kappa shape index (κ1) is 16.8. The molecule has 1 aliphatic heterocycles. The van der Waals surface area contributed by atoms with Gasteiger partial charge in [0, 0.05) is 24.5 Å². The Balaban J connectivity index is 1.49. The number of hydrazone groups is 1. The average Bonchev–Trinajstić information content (AvgIpc) is 3.18. The summed E-state index contributed by atoms with van der Waals surface area (Å²) in [5.74, 6) is 0.737. The first-order valence-corrected chi connectivity index (χ1v) is 8.34. The Labute approximate surface area is 147 Å². The summed E-state index contributed by atoms with van der Waals surface area (Å²) in [6.45, 7) is 2.25. The molecule has 6 heteroatoms. The number of methoxy groups -OCH3 is 1. The number of hydrogen-bond donors (Lipinski definition) is 2. The molecule has 1 saturated heterocycles. The number of nitrogens with one attached hydrogen (secondary N) is 2. The molecular weight excluding hydrogens is 316 g/mol. The first-order valence-electron chi connectivity index (χ1n) is 8.34. The summed E-state index contributed by atoms with van der Waals surface area (Å²) < 4.78 is 5.07. The topological polar surface area (TPSA) is 66.0 Å². The quantitative estimate of drug-likeness (QED) is 0.648. The monoisotopic (exact) mass is 338 g/mol. The van der Waals surface area contributed by atoms with E-state index in [2.05, 4.69) is 32.9 Å². The van der Waals surface area contributed by atoms with Crippen LogP contribution in [0.3, 0.4) is 0 Å². The molecule has 1 fully saturated rings. The van der Waals surface area contributed by atoms with Crippen LogP contribution in [0.4, 0.5) is 16.2 Å². The van der Waals surface area contributed by atoms with Crippen LogP contribution in [0.5, 0.6) is 5.75 Å². The second-order valence-electron chi connectivity index (χ2n) is 5.84. The minimum Gasteiger partial charge on any atom is -0.497 e. The third kappa shape index (κ3) is 4.73. The van der Waals surface area contributed by atoms with Crippen molar-refractivity contribution in [2.75, 3.05) is 30.4 Å². The fourth-order valence-electron chi connectivity index (χ4n) is 2.75. The van der Waals surface area contributed by atoms with Crippen molar-refractivity contribution in [1.29, 1.82) is 0 Å². The highest BCUT2D eigenvalue weighted by Gasteiger charge is 2.11. The van der Waals surface area contributed by atoms with Crippen LogP contribution >= 0.6 is 0 Å². The van der Waals surface area contributed by atoms with E-state index in [1.807, 2.05) is 12.1 Å². The zero-order valence-corrected chi connectivity index (χ0v) is 14.2. The van der Waals surface area contributed by atoms with Crippen molar-refractivity contribution in [3.05, 3.63) is 54.1 Å². The Bertz CT molecular complexity index is 720. The summed E-state index contributed by atoms with van der Waals surface area (Å²) in [4.78, 5) is 14.2. The number of carbonyl (C=O) groups excluding carboxylic acids is 1. The van der Waals surface area contributed by atoms with Crippen LogP contribution in [0.2, 0.25) is 0 Å². The molecule has 2 N–H and O–H groups in total. The van der Waals surface area contributed by atoms with Gasteiger partial charge in [-0.25, -0.2) is 10.2 Å². The lowest BCUT2D eigenvalue weighted by molar-refractivity contribution is 0.252. The fourth-order valence-corrected chi connectivity index (χ4v) is 2.75. The minimum absolute atomic E-state index is 0.393. The van der Waals surface area contributed by atoms with Crippen molar-refractivity contribution in [2.24, 2.45) is 5.10 Å². The summed E-state index contributed by atoms with van der Waals surface area (Å²) in [5.41, 5.74) is 5.30. The Morgan fingerprint density at radius 2 is 1.76 bits per heavy atom. The van der Waals surface area contributed by atoms with Gasteiger partial charge in [0.25, 0.3) is 0 Å². The van der Waals surface area contributed by atoms with Crippen LogP contribution in [-0.4, -0.2) is 32.4 Å². The number of benzene rings is 2. The summed E-state index contributed by atoms with van der Waals surface area (Å²) in [5, 5.41) is 6.67. The Morgan fingerprint density at radius 1 is 1.08 bits per heavy atom. The molecule has 3 rings (SSSR count). The van der Waals surface area contributed by atoms with Crippen molar-refractivity contribution in [3.8, 4) is 5.75 Å². The molecule has 2 aromatic carbocycles. The van der Waals surface area contributed by atoms with Crippen molar-refractivity contribution in [3.63, 3.8) is 0 Å². The molecule has 25 heavy (non-hydrogen) atoms. The molecule has 2 amide bonds. The van der Waals surface area contributed by atoms with E-state index in [1.165, 1.54) is 18.5 Å². The number of anilines is 2. The summed E-state index contributed by atoms with van der Waals surface area (Å²) in [6.07, 6.45) is 4.15. The number of nitrogens with zero attached hydrogens (tertiary/aromatic N) is 2. The normalized spacial score (nSPS) is 13.9. The van der Waals surface area contributed by atoms with E-state index in [0.29, 0.717) is 5.69 Å². The van der Waals surface area contributed by atoms with Crippen molar-refractivity contribution in [2.45, 2.75) is 12.8 Å². The smallest absolute Gasteiger partial charge is 0.339 e. The molecule has 1 heterocycles. The van der Waals surface area contributed by atoms with E-state index >= 15 is 0 Å². The van der Waals surface area contributed by atoms with E-state index in [1.54, 1.807) is 37.6 Å². The first-order chi connectivity index (χ1) is 12.2. The van der Waals surface area contributed by atoms with Gasteiger partial charge in [0.15, 0.2) is 0 Å². The molecule has 0 aliphatic carbocycles. The standard InChI is InChI=1S/C19H22N4O2/c1-25-18-10-6-16(7-11-18)21-19(24)22-20-14-15-4-8-17(9-5-15)23-12-2-3-13-23/h4-11,14H,2-3,12-13H2,1H3,(H2,21,22,24)/b20-14+. The van der Waals surface area contributed by atoms with E-state index in [4.69, 9.17) is 4.74 Å². The lowest BCUT2D eigenvalue weighted by atomic mass is 10.2. The van der Waals surface area contributed by atoms with Crippen molar-refractivity contribution in [1.82, 2.24) is 5.43 Å². The maximum atomic E-state index is 11.8. The molecule has 6 nitrogen and oxygen atoms in total. The highest BCUT2D eigenvalue weighted by Crippen LogP contribution is 2.20. The van der Waals surface area contributed by atoms with Gasteiger partial charge in [-0.05, 0) is 54.8 Å². The minimum atomic E-state index is -0.393. The highest BCUT2D eigenvalue weighted by atomic mass is 16.5. The van der Waals surface area contributed by atoms with Gasteiger partial charge in [-0.2, -0.15) is 5.10 Å². The molecule has 0 bridgehead atoms. The molecule has 1 aliphatic rings. The predicted molar refractivity (Wildman–Crippen MR) is 101 cm³/mol. The third-order valence-electron chi connectivity index (χ3n) is 4.09. The third-order valence-corrected chi connectivity index (χ3v) is 4.09. The number of carbonyl (C=O) groups is 1. The SMILES string of the molecule is COc1ccc(NC(=O)N/N=C/c2ccc(N3CCCC3)cc2)cc1. The van der Waals surface area contributed by atoms with Crippen LogP contribution < -0.4 is 20.4 Å². The van der Waals surface area contributed by atoms with Crippen LogP contribution in [-0.2, 0) is 0 Å². The van der Waals surface area contributed by atoms with E-state index < -0.39 is 6.03 Å². The van der Waals surface area contributed by atoms with Gasteiger partial charge in [0.05, 0.1) is 13.3 Å². The Hall–Kier alpha value is -3.02. The zero-order valence-electron chi connectivity index (χ0n) is 14.2. The number of urea groups is 1. The van der Waals surface area contributed by atoms with Crippen LogP contribution in [0.25, 0.3) is 0 Å². The maximum Gasteiger partial charge on any atom is 0.339 e. The molecular formula is C19H22N4O2. The average molecular weight is 338 g/mol. The molecule has 0 radical (unpaired) electrons. The molecule has 0 saturated carbocycles. The number of ether oxygens (including phenoxy) is 1. The van der Waals surface area contributed by atoms with E-state index in [-0.39, 0.29) is 0 Å². The maximum absolute atomic E-state index is 11.8. The lowest BCUT2D eigenvalue weighted by Crippen LogP contribution is -2.24. The van der Waals surface area contributed by atoms with Gasteiger partial charge in [0.1, 0.15) is 5.75 Å². The van der Waals surface area contributed by atoms with Crippen molar-refractivity contribution < 1.29 is 9.53 Å². The summed E-state index contributed by atoms with van der Waals surface area (Å²) >= 11 is 0.